The van der Waals surface area contributed by atoms with Gasteiger partial charge in [0.1, 0.15) is 23.4 Å². The highest BCUT2D eigenvalue weighted by atomic mass is 16.6. The molecule has 2 atom stereocenters. The predicted molar refractivity (Wildman–Crippen MR) is 154 cm³/mol. The Balaban J connectivity index is 2.53. The molecule has 0 heterocycles. The molecule has 0 aromatic heterocycles. The highest BCUT2D eigenvalue weighted by Gasteiger charge is 2.36. The Hall–Kier alpha value is -4.08. The van der Waals surface area contributed by atoms with Gasteiger partial charge in [0.15, 0.2) is 0 Å². The van der Waals surface area contributed by atoms with Gasteiger partial charge >= 0.3 is 6.09 Å². The molecule has 2 rings (SSSR count). The van der Waals surface area contributed by atoms with Gasteiger partial charge < -0.3 is 30.7 Å². The summed E-state index contributed by atoms with van der Waals surface area (Å²) >= 11 is 0. The minimum atomic E-state index is -1.14. The van der Waals surface area contributed by atoms with Crippen LogP contribution in [-0.4, -0.2) is 54.0 Å². The summed E-state index contributed by atoms with van der Waals surface area (Å²) in [4.78, 5) is 53.7. The van der Waals surface area contributed by atoms with Crippen LogP contribution in [0.25, 0.3) is 0 Å². The van der Waals surface area contributed by atoms with Gasteiger partial charge in [-0.15, -0.1) is 0 Å². The van der Waals surface area contributed by atoms with E-state index in [4.69, 9.17) is 15.2 Å². The minimum absolute atomic E-state index is 0.0483. The highest BCUT2D eigenvalue weighted by molar-refractivity contribution is 5.99. The molecule has 218 valence electrons. The first kappa shape index (κ1) is 32.1. The van der Waals surface area contributed by atoms with Crippen LogP contribution in [0.15, 0.2) is 42.5 Å². The van der Waals surface area contributed by atoms with Crippen LogP contribution in [0, 0.1) is 13.8 Å². The largest absolute Gasteiger partial charge is 0.497 e. The van der Waals surface area contributed by atoms with Crippen molar-refractivity contribution in [3.05, 3.63) is 59.2 Å². The first-order chi connectivity index (χ1) is 18.7. The highest BCUT2D eigenvalue weighted by Crippen LogP contribution is 2.29. The SMILES string of the molecule is CCCN(C(=O)C(CCC(N)=O)NC(=O)OC(C)(C)C)C(C(=O)Nc1ccc(OC)cc1)c1ccc(C)cc1C. The van der Waals surface area contributed by atoms with Crippen LogP contribution in [0.3, 0.4) is 0 Å². The number of ether oxygens (including phenoxy) is 2. The number of hydrogen-bond acceptors (Lipinski definition) is 6. The molecule has 0 aliphatic rings. The van der Waals surface area contributed by atoms with Gasteiger partial charge in [-0.2, -0.15) is 0 Å². The van der Waals surface area contributed by atoms with E-state index in [1.807, 2.05) is 39.0 Å². The molecule has 0 bridgehead atoms. The molecule has 2 aromatic carbocycles. The van der Waals surface area contributed by atoms with Gasteiger partial charge in [0.2, 0.25) is 11.8 Å². The number of primary amides is 1. The number of carbonyl (C=O) groups is 4. The second-order valence-corrected chi connectivity index (χ2v) is 10.7. The molecular weight excluding hydrogens is 512 g/mol. The Morgan fingerprint density at radius 3 is 2.20 bits per heavy atom. The number of rotatable bonds is 12. The third-order valence-corrected chi connectivity index (χ3v) is 6.05. The first-order valence-corrected chi connectivity index (χ1v) is 13.4. The summed E-state index contributed by atoms with van der Waals surface area (Å²) in [5.41, 5.74) is 7.58. The zero-order valence-corrected chi connectivity index (χ0v) is 24.5. The van der Waals surface area contributed by atoms with Gasteiger partial charge in [-0.25, -0.2) is 4.79 Å². The summed E-state index contributed by atoms with van der Waals surface area (Å²) in [5.74, 6) is -0.931. The van der Waals surface area contributed by atoms with Gasteiger partial charge in [0.05, 0.1) is 7.11 Å². The number of anilines is 1. The first-order valence-electron chi connectivity index (χ1n) is 13.4. The second-order valence-electron chi connectivity index (χ2n) is 10.7. The average molecular weight is 555 g/mol. The van der Waals surface area contributed by atoms with Crippen molar-refractivity contribution in [3.63, 3.8) is 0 Å². The molecule has 10 nitrogen and oxygen atoms in total. The van der Waals surface area contributed by atoms with E-state index in [0.29, 0.717) is 23.4 Å². The Morgan fingerprint density at radius 1 is 1.02 bits per heavy atom. The molecule has 40 heavy (non-hydrogen) atoms. The van der Waals surface area contributed by atoms with Crippen molar-refractivity contribution in [1.29, 1.82) is 0 Å². The van der Waals surface area contributed by atoms with E-state index in [1.54, 1.807) is 52.1 Å². The fourth-order valence-electron chi connectivity index (χ4n) is 4.27. The van der Waals surface area contributed by atoms with Gasteiger partial charge in [-0.3, -0.25) is 14.4 Å². The van der Waals surface area contributed by atoms with E-state index >= 15 is 0 Å². The molecule has 4 amide bonds. The standard InChI is InChI=1S/C30H42N4O6/c1-8-17-34(28(37)24(15-16-25(31)35)33-29(38)40-30(4,5)6)26(23-14-9-19(2)18-20(23)3)27(36)32-21-10-12-22(39-7)13-11-21/h9-14,18,24,26H,8,15-17H2,1-7H3,(H2,31,35)(H,32,36)(H,33,38). The Labute approximate surface area is 236 Å². The zero-order chi connectivity index (χ0) is 30.0. The van der Waals surface area contributed by atoms with Crippen molar-refractivity contribution in [2.45, 2.75) is 78.5 Å². The van der Waals surface area contributed by atoms with Gasteiger partial charge in [-0.1, -0.05) is 30.7 Å². The number of carbonyl (C=O) groups excluding carboxylic acids is 4. The van der Waals surface area contributed by atoms with E-state index < -0.39 is 41.5 Å². The molecule has 0 aliphatic carbocycles. The number of alkyl carbamates (subject to hydrolysis) is 1. The number of hydrogen-bond donors (Lipinski definition) is 3. The van der Waals surface area contributed by atoms with E-state index in [9.17, 15) is 19.2 Å². The van der Waals surface area contributed by atoms with Crippen molar-refractivity contribution in [2.75, 3.05) is 19.0 Å². The lowest BCUT2D eigenvalue weighted by Gasteiger charge is -2.35. The molecule has 0 spiro atoms. The summed E-state index contributed by atoms with van der Waals surface area (Å²) in [6, 6.07) is 10.4. The number of nitrogens with one attached hydrogen (secondary N) is 2. The van der Waals surface area contributed by atoms with E-state index in [1.165, 1.54) is 4.90 Å². The third kappa shape index (κ3) is 9.59. The maximum atomic E-state index is 14.1. The van der Waals surface area contributed by atoms with Crippen LogP contribution in [0.4, 0.5) is 10.5 Å². The van der Waals surface area contributed by atoms with Crippen LogP contribution in [0.1, 0.15) is 69.7 Å². The maximum Gasteiger partial charge on any atom is 0.408 e. The summed E-state index contributed by atoms with van der Waals surface area (Å²) in [7, 11) is 1.55. The molecule has 2 aromatic rings. The maximum absolute atomic E-state index is 14.1. The number of nitrogens with two attached hydrogens (primary N) is 1. The van der Waals surface area contributed by atoms with Crippen LogP contribution in [0.5, 0.6) is 5.75 Å². The lowest BCUT2D eigenvalue weighted by molar-refractivity contribution is -0.141. The Morgan fingerprint density at radius 2 is 1.68 bits per heavy atom. The average Bonchev–Trinajstić information content (AvgIpc) is 2.86. The molecular formula is C30H42N4O6. The van der Waals surface area contributed by atoms with Crippen molar-refractivity contribution >= 4 is 29.5 Å². The summed E-state index contributed by atoms with van der Waals surface area (Å²) < 4.78 is 10.6. The lowest BCUT2D eigenvalue weighted by atomic mass is 9.96. The van der Waals surface area contributed by atoms with Gasteiger partial charge in [0.25, 0.3) is 5.91 Å². The van der Waals surface area contributed by atoms with Crippen LogP contribution in [0.2, 0.25) is 0 Å². The molecule has 4 N–H and O–H groups in total. The number of aryl methyl sites for hydroxylation is 2. The van der Waals surface area contributed by atoms with Crippen molar-refractivity contribution in [1.82, 2.24) is 10.2 Å². The molecule has 0 saturated carbocycles. The molecule has 2 unspecified atom stereocenters. The molecule has 0 saturated heterocycles. The van der Waals surface area contributed by atoms with Crippen LogP contribution < -0.4 is 21.1 Å². The minimum Gasteiger partial charge on any atom is -0.497 e. The van der Waals surface area contributed by atoms with E-state index in [-0.39, 0.29) is 19.4 Å². The van der Waals surface area contributed by atoms with E-state index in [0.717, 1.165) is 11.1 Å². The summed E-state index contributed by atoms with van der Waals surface area (Å²) in [5, 5.41) is 5.51. The summed E-state index contributed by atoms with van der Waals surface area (Å²) in [6.07, 6.45) is -0.457. The Bertz CT molecular complexity index is 1190. The van der Waals surface area contributed by atoms with E-state index in [2.05, 4.69) is 10.6 Å². The fourth-order valence-corrected chi connectivity index (χ4v) is 4.27. The van der Waals surface area contributed by atoms with Gasteiger partial charge in [-0.05, 0) is 82.9 Å². The monoisotopic (exact) mass is 554 g/mol. The van der Waals surface area contributed by atoms with Crippen LogP contribution >= 0.6 is 0 Å². The van der Waals surface area contributed by atoms with Crippen molar-refractivity contribution in [3.8, 4) is 5.75 Å². The molecule has 0 fully saturated rings. The lowest BCUT2D eigenvalue weighted by Crippen LogP contribution is -2.53. The summed E-state index contributed by atoms with van der Waals surface area (Å²) in [6.45, 7) is 11.1. The van der Waals surface area contributed by atoms with Crippen molar-refractivity contribution < 1.29 is 28.7 Å². The second kappa shape index (κ2) is 14.3. The quantitative estimate of drug-likeness (QED) is 0.356. The van der Waals surface area contributed by atoms with Crippen LogP contribution in [-0.2, 0) is 19.1 Å². The molecule has 10 heteroatoms. The predicted octanol–water partition coefficient (Wildman–Crippen LogP) is 4.39. The van der Waals surface area contributed by atoms with Crippen molar-refractivity contribution in [2.24, 2.45) is 5.73 Å². The third-order valence-electron chi connectivity index (χ3n) is 6.05. The molecule has 0 aliphatic heterocycles. The normalized spacial score (nSPS) is 12.6. The van der Waals surface area contributed by atoms with Gasteiger partial charge in [0, 0.05) is 18.7 Å². The zero-order valence-electron chi connectivity index (χ0n) is 24.5. The number of amides is 4. The molecule has 0 radical (unpaired) electrons. The Kier molecular flexibility index (Phi) is 11.5. The topological polar surface area (TPSA) is 140 Å². The fraction of sp³-hybridized carbons (Fsp3) is 0.467. The number of nitrogens with zero attached hydrogens (tertiary/aromatic N) is 1. The number of benzene rings is 2. The smallest absolute Gasteiger partial charge is 0.408 e. The number of methoxy groups -OCH3 is 1.